The maximum atomic E-state index is 5.77. The first-order chi connectivity index (χ1) is 6.54. The summed E-state index contributed by atoms with van der Waals surface area (Å²) in [6, 6.07) is 4.26. The molecule has 0 saturated heterocycles. The van der Waals surface area contributed by atoms with E-state index in [1.54, 1.807) is 7.11 Å². The third-order valence-corrected chi connectivity index (χ3v) is 2.96. The predicted octanol–water partition coefficient (Wildman–Crippen LogP) is 2.66. The molecule has 0 aliphatic heterocycles. The van der Waals surface area contributed by atoms with E-state index in [4.69, 9.17) is 10.5 Å². The van der Waals surface area contributed by atoms with Gasteiger partial charge < -0.3 is 10.5 Å². The SMILES string of the molecule is COc1cc(C)c(Br)cc1CC(C)N. The van der Waals surface area contributed by atoms with Crippen LogP contribution in [-0.4, -0.2) is 13.2 Å². The Labute approximate surface area is 93.6 Å². The van der Waals surface area contributed by atoms with Crippen molar-refractivity contribution in [2.75, 3.05) is 7.11 Å². The lowest BCUT2D eigenvalue weighted by Gasteiger charge is -2.12. The first-order valence-corrected chi connectivity index (χ1v) is 5.42. The first kappa shape index (κ1) is 11.5. The number of aryl methyl sites for hydroxylation is 1. The second kappa shape index (κ2) is 4.80. The second-order valence-electron chi connectivity index (χ2n) is 3.59. The fourth-order valence-corrected chi connectivity index (χ4v) is 1.78. The fraction of sp³-hybridized carbons (Fsp3) is 0.455. The van der Waals surface area contributed by atoms with Crippen LogP contribution in [0.2, 0.25) is 0 Å². The highest BCUT2D eigenvalue weighted by Crippen LogP contribution is 2.27. The number of hydrogen-bond acceptors (Lipinski definition) is 2. The first-order valence-electron chi connectivity index (χ1n) is 4.63. The average Bonchev–Trinajstić information content (AvgIpc) is 2.10. The zero-order valence-corrected chi connectivity index (χ0v) is 10.4. The van der Waals surface area contributed by atoms with Gasteiger partial charge in [0.05, 0.1) is 7.11 Å². The predicted molar refractivity (Wildman–Crippen MR) is 62.8 cm³/mol. The minimum absolute atomic E-state index is 0.151. The third kappa shape index (κ3) is 2.72. The summed E-state index contributed by atoms with van der Waals surface area (Å²) in [5.41, 5.74) is 8.09. The van der Waals surface area contributed by atoms with Crippen LogP contribution >= 0.6 is 15.9 Å². The van der Waals surface area contributed by atoms with Gasteiger partial charge in [-0.2, -0.15) is 0 Å². The number of ether oxygens (including phenoxy) is 1. The molecule has 0 radical (unpaired) electrons. The topological polar surface area (TPSA) is 35.2 Å². The largest absolute Gasteiger partial charge is 0.496 e. The number of rotatable bonds is 3. The molecular weight excluding hydrogens is 242 g/mol. The van der Waals surface area contributed by atoms with E-state index in [9.17, 15) is 0 Å². The van der Waals surface area contributed by atoms with Crippen molar-refractivity contribution in [2.24, 2.45) is 5.73 Å². The van der Waals surface area contributed by atoms with Crippen molar-refractivity contribution in [1.82, 2.24) is 0 Å². The molecule has 0 bridgehead atoms. The van der Waals surface area contributed by atoms with Crippen LogP contribution in [0.25, 0.3) is 0 Å². The summed E-state index contributed by atoms with van der Waals surface area (Å²) in [6.07, 6.45) is 0.835. The summed E-state index contributed by atoms with van der Waals surface area (Å²) in [6.45, 7) is 4.04. The van der Waals surface area contributed by atoms with Gasteiger partial charge in [0.2, 0.25) is 0 Å². The molecule has 1 atom stereocenters. The van der Waals surface area contributed by atoms with E-state index < -0.39 is 0 Å². The molecule has 14 heavy (non-hydrogen) atoms. The van der Waals surface area contributed by atoms with Crippen molar-refractivity contribution < 1.29 is 4.74 Å². The summed E-state index contributed by atoms with van der Waals surface area (Å²) in [5, 5.41) is 0. The van der Waals surface area contributed by atoms with E-state index in [1.807, 2.05) is 19.9 Å². The zero-order valence-electron chi connectivity index (χ0n) is 8.80. The molecule has 0 fully saturated rings. The smallest absolute Gasteiger partial charge is 0.122 e. The summed E-state index contributed by atoms with van der Waals surface area (Å²) < 4.78 is 6.41. The molecule has 0 aliphatic carbocycles. The van der Waals surface area contributed by atoms with Crippen molar-refractivity contribution >= 4 is 15.9 Å². The maximum absolute atomic E-state index is 5.77. The molecule has 0 heterocycles. The molecule has 2 nitrogen and oxygen atoms in total. The maximum Gasteiger partial charge on any atom is 0.122 e. The van der Waals surface area contributed by atoms with E-state index in [-0.39, 0.29) is 6.04 Å². The Bertz CT molecular complexity index is 323. The molecule has 78 valence electrons. The number of methoxy groups -OCH3 is 1. The Morgan fingerprint density at radius 2 is 2.14 bits per heavy atom. The molecule has 1 unspecified atom stereocenters. The minimum Gasteiger partial charge on any atom is -0.496 e. The quantitative estimate of drug-likeness (QED) is 0.904. The lowest BCUT2D eigenvalue weighted by atomic mass is 10.0. The van der Waals surface area contributed by atoms with E-state index >= 15 is 0 Å². The van der Waals surface area contributed by atoms with Gasteiger partial charge in [0.15, 0.2) is 0 Å². The summed E-state index contributed by atoms with van der Waals surface area (Å²) in [7, 11) is 1.69. The van der Waals surface area contributed by atoms with E-state index in [0.717, 1.165) is 22.2 Å². The Kier molecular flexibility index (Phi) is 3.96. The Morgan fingerprint density at radius 3 is 2.64 bits per heavy atom. The van der Waals surface area contributed by atoms with Gasteiger partial charge in [-0.15, -0.1) is 0 Å². The molecule has 1 rings (SSSR count). The van der Waals surface area contributed by atoms with E-state index in [0.29, 0.717) is 0 Å². The monoisotopic (exact) mass is 257 g/mol. The fourth-order valence-electron chi connectivity index (χ4n) is 1.39. The normalized spacial score (nSPS) is 12.6. The molecular formula is C11H16BrNO. The van der Waals surface area contributed by atoms with E-state index in [2.05, 4.69) is 22.0 Å². The van der Waals surface area contributed by atoms with Gasteiger partial charge in [-0.05, 0) is 43.5 Å². The number of halogens is 1. The summed E-state index contributed by atoms with van der Waals surface area (Å²) in [4.78, 5) is 0. The van der Waals surface area contributed by atoms with Gasteiger partial charge >= 0.3 is 0 Å². The minimum atomic E-state index is 0.151. The molecule has 0 aromatic heterocycles. The molecule has 2 N–H and O–H groups in total. The van der Waals surface area contributed by atoms with Crippen LogP contribution in [0.15, 0.2) is 16.6 Å². The number of nitrogens with two attached hydrogens (primary N) is 1. The number of hydrogen-bond donors (Lipinski definition) is 1. The van der Waals surface area contributed by atoms with Crippen LogP contribution in [0.5, 0.6) is 5.75 Å². The average molecular weight is 258 g/mol. The zero-order chi connectivity index (χ0) is 10.7. The lowest BCUT2D eigenvalue weighted by Crippen LogP contribution is -2.18. The highest BCUT2D eigenvalue weighted by Gasteiger charge is 2.08. The molecule has 0 amide bonds. The van der Waals surface area contributed by atoms with Crippen molar-refractivity contribution in [2.45, 2.75) is 26.3 Å². The molecule has 3 heteroatoms. The lowest BCUT2D eigenvalue weighted by molar-refractivity contribution is 0.408. The standard InChI is InChI=1S/C11H16BrNO/c1-7-4-11(14-3)9(5-8(2)13)6-10(7)12/h4,6,8H,5,13H2,1-3H3. The van der Waals surface area contributed by atoms with Gasteiger partial charge in [-0.25, -0.2) is 0 Å². The highest BCUT2D eigenvalue weighted by atomic mass is 79.9. The second-order valence-corrected chi connectivity index (χ2v) is 4.45. The molecule has 0 spiro atoms. The summed E-state index contributed by atoms with van der Waals surface area (Å²) >= 11 is 3.50. The van der Waals surface area contributed by atoms with Gasteiger partial charge in [-0.1, -0.05) is 15.9 Å². The molecule has 0 aliphatic rings. The van der Waals surface area contributed by atoms with Gasteiger partial charge in [-0.3, -0.25) is 0 Å². The highest BCUT2D eigenvalue weighted by molar-refractivity contribution is 9.10. The third-order valence-electron chi connectivity index (χ3n) is 2.10. The molecule has 1 aromatic rings. The van der Waals surface area contributed by atoms with Crippen LogP contribution in [0, 0.1) is 6.92 Å². The van der Waals surface area contributed by atoms with Crippen molar-refractivity contribution in [3.05, 3.63) is 27.7 Å². The van der Waals surface area contributed by atoms with Crippen molar-refractivity contribution in [3.8, 4) is 5.75 Å². The Balaban J connectivity index is 3.07. The van der Waals surface area contributed by atoms with Crippen molar-refractivity contribution in [1.29, 1.82) is 0 Å². The van der Waals surface area contributed by atoms with Gasteiger partial charge in [0.1, 0.15) is 5.75 Å². The van der Waals surface area contributed by atoms with Crippen LogP contribution in [-0.2, 0) is 6.42 Å². The molecule has 0 saturated carbocycles. The number of benzene rings is 1. The van der Waals surface area contributed by atoms with Crippen molar-refractivity contribution in [3.63, 3.8) is 0 Å². The van der Waals surface area contributed by atoms with Crippen LogP contribution in [0.4, 0.5) is 0 Å². The van der Waals surface area contributed by atoms with Gasteiger partial charge in [0.25, 0.3) is 0 Å². The van der Waals surface area contributed by atoms with Crippen LogP contribution in [0.1, 0.15) is 18.1 Å². The molecule has 1 aromatic carbocycles. The Morgan fingerprint density at radius 1 is 1.50 bits per heavy atom. The van der Waals surface area contributed by atoms with Crippen LogP contribution < -0.4 is 10.5 Å². The Hall–Kier alpha value is -0.540. The summed E-state index contributed by atoms with van der Waals surface area (Å²) in [5.74, 6) is 0.919. The van der Waals surface area contributed by atoms with E-state index in [1.165, 1.54) is 5.56 Å². The van der Waals surface area contributed by atoms with Crippen LogP contribution in [0.3, 0.4) is 0 Å². The van der Waals surface area contributed by atoms with Gasteiger partial charge in [0, 0.05) is 10.5 Å².